The number of hydrogen-bond acceptors (Lipinski definition) is 4. The van der Waals surface area contributed by atoms with E-state index >= 15 is 0 Å². The number of sulfonamides is 1. The summed E-state index contributed by atoms with van der Waals surface area (Å²) in [6.45, 7) is 4.88. The van der Waals surface area contributed by atoms with Gasteiger partial charge in [-0.05, 0) is 68.3 Å². The van der Waals surface area contributed by atoms with E-state index in [1.165, 1.54) is 35.2 Å². The normalized spacial score (nSPS) is 12.9. The highest BCUT2D eigenvalue weighted by Gasteiger charge is 2.33. The van der Waals surface area contributed by atoms with Gasteiger partial charge >= 0.3 is 0 Å². The summed E-state index contributed by atoms with van der Waals surface area (Å²) in [7, 11) is -4.21. The molecule has 0 spiro atoms. The van der Waals surface area contributed by atoms with Gasteiger partial charge < -0.3 is 10.2 Å². The highest BCUT2D eigenvalue weighted by atomic mass is 35.5. The van der Waals surface area contributed by atoms with Crippen molar-refractivity contribution in [1.29, 1.82) is 0 Å². The minimum atomic E-state index is -4.21. The van der Waals surface area contributed by atoms with Crippen LogP contribution in [0.4, 0.5) is 5.69 Å². The van der Waals surface area contributed by atoms with Crippen molar-refractivity contribution in [3.05, 3.63) is 93.4 Å². The molecule has 0 aliphatic rings. The summed E-state index contributed by atoms with van der Waals surface area (Å²) in [6.07, 6.45) is 0.711. The lowest BCUT2D eigenvalue weighted by Gasteiger charge is -2.32. The summed E-state index contributed by atoms with van der Waals surface area (Å²) in [5.74, 6) is -0.942. The fraction of sp³-hybridized carbons (Fsp3) is 0.286. The molecule has 0 fully saturated rings. The number of benzene rings is 3. The number of hydrogen-bond donors (Lipinski definition) is 1. The molecule has 0 saturated carbocycles. The van der Waals surface area contributed by atoms with Crippen LogP contribution in [0.15, 0.2) is 77.7 Å². The first-order valence-electron chi connectivity index (χ1n) is 12.3. The van der Waals surface area contributed by atoms with Gasteiger partial charge in [-0.15, -0.1) is 0 Å². The molecule has 39 heavy (non-hydrogen) atoms. The molecule has 2 amide bonds. The Bertz CT molecular complexity index is 1380. The van der Waals surface area contributed by atoms with Crippen molar-refractivity contribution in [1.82, 2.24) is 10.2 Å². The van der Waals surface area contributed by atoms with E-state index in [1.54, 1.807) is 49.4 Å². The van der Waals surface area contributed by atoms with E-state index in [1.807, 2.05) is 13.8 Å². The van der Waals surface area contributed by atoms with Crippen LogP contribution in [-0.4, -0.2) is 43.8 Å². The van der Waals surface area contributed by atoms with E-state index in [2.05, 4.69) is 5.32 Å². The first-order valence-corrected chi connectivity index (χ1v) is 14.9. The highest BCUT2D eigenvalue weighted by molar-refractivity contribution is 7.92. The van der Waals surface area contributed by atoms with Gasteiger partial charge in [0.25, 0.3) is 10.0 Å². The molecule has 0 aliphatic heterocycles. The van der Waals surface area contributed by atoms with Gasteiger partial charge in [-0.1, -0.05) is 72.1 Å². The van der Waals surface area contributed by atoms with Crippen molar-refractivity contribution in [2.45, 2.75) is 50.7 Å². The predicted octanol–water partition coefficient (Wildman–Crippen LogP) is 6.17. The molecular formula is C28H30Cl3N3O4S. The largest absolute Gasteiger partial charge is 0.352 e. The Hall–Kier alpha value is -2.78. The smallest absolute Gasteiger partial charge is 0.264 e. The summed E-state index contributed by atoms with van der Waals surface area (Å²) >= 11 is 18.4. The van der Waals surface area contributed by atoms with Crippen LogP contribution in [-0.2, 0) is 26.2 Å². The van der Waals surface area contributed by atoms with Crippen molar-refractivity contribution in [3.63, 3.8) is 0 Å². The minimum absolute atomic E-state index is 0.0132. The number of carbonyl (C=O) groups excluding carboxylic acids is 2. The second kappa shape index (κ2) is 13.5. The summed E-state index contributed by atoms with van der Waals surface area (Å²) in [5.41, 5.74) is 0.840. The number of amides is 2. The Labute approximate surface area is 244 Å². The third-order valence-corrected chi connectivity index (χ3v) is 8.66. The van der Waals surface area contributed by atoms with E-state index in [4.69, 9.17) is 34.8 Å². The van der Waals surface area contributed by atoms with Gasteiger partial charge in [0.1, 0.15) is 12.6 Å². The lowest BCUT2D eigenvalue weighted by atomic mass is 10.1. The molecule has 208 valence electrons. The van der Waals surface area contributed by atoms with Crippen molar-refractivity contribution >= 4 is 62.3 Å². The van der Waals surface area contributed by atoms with E-state index in [0.29, 0.717) is 11.4 Å². The van der Waals surface area contributed by atoms with Gasteiger partial charge in [0.2, 0.25) is 11.8 Å². The number of rotatable bonds is 11. The number of carbonyl (C=O) groups is 2. The fourth-order valence-electron chi connectivity index (χ4n) is 3.77. The molecule has 0 saturated heterocycles. The van der Waals surface area contributed by atoms with E-state index in [-0.39, 0.29) is 39.1 Å². The molecule has 3 aromatic carbocycles. The molecule has 11 heteroatoms. The van der Waals surface area contributed by atoms with Crippen molar-refractivity contribution in [2.75, 3.05) is 10.8 Å². The van der Waals surface area contributed by atoms with E-state index < -0.39 is 28.5 Å². The number of halogens is 3. The maximum absolute atomic E-state index is 13.9. The molecule has 0 aromatic heterocycles. The topological polar surface area (TPSA) is 86.8 Å². The summed E-state index contributed by atoms with van der Waals surface area (Å²) in [5, 5.41) is 3.83. The molecular weight excluding hydrogens is 581 g/mol. The van der Waals surface area contributed by atoms with Gasteiger partial charge in [-0.25, -0.2) is 8.42 Å². The van der Waals surface area contributed by atoms with Gasteiger partial charge in [-0.3, -0.25) is 13.9 Å². The first kappa shape index (κ1) is 30.8. The second-order valence-corrected chi connectivity index (χ2v) is 12.3. The average molecular weight is 611 g/mol. The molecule has 0 heterocycles. The Morgan fingerprint density at radius 2 is 1.46 bits per heavy atom. The Balaban J connectivity index is 2.04. The SMILES string of the molecule is CC[C@H](C)NC(=O)[C@H](C)N(Cc1ccc(Cl)cc1)C(=O)CN(c1cc(Cl)cc(Cl)c1)S(=O)(=O)c1ccccc1. The molecule has 3 rings (SSSR count). The third-order valence-electron chi connectivity index (χ3n) is 6.18. The number of anilines is 1. The van der Waals surface area contributed by atoms with Gasteiger partial charge in [0.05, 0.1) is 10.6 Å². The zero-order valence-electron chi connectivity index (χ0n) is 21.8. The van der Waals surface area contributed by atoms with E-state index in [9.17, 15) is 18.0 Å². The monoisotopic (exact) mass is 609 g/mol. The van der Waals surface area contributed by atoms with Crippen LogP contribution in [0, 0.1) is 0 Å². The lowest BCUT2D eigenvalue weighted by molar-refractivity contribution is -0.139. The van der Waals surface area contributed by atoms with Crippen LogP contribution in [0.1, 0.15) is 32.8 Å². The molecule has 0 bridgehead atoms. The fourth-order valence-corrected chi connectivity index (χ4v) is 5.83. The standard InChI is InChI=1S/C28H30Cl3N3O4S/c1-4-19(2)32-28(36)20(3)33(17-21-10-12-22(29)13-11-21)27(35)18-34(25-15-23(30)14-24(31)16-25)39(37,38)26-8-6-5-7-9-26/h5-16,19-20H,4,17-18H2,1-3H3,(H,32,36)/t19-,20-/m0/s1. The summed E-state index contributed by atoms with van der Waals surface area (Å²) in [6, 6.07) is 17.9. The number of nitrogens with one attached hydrogen (secondary N) is 1. The maximum atomic E-state index is 13.9. The molecule has 7 nitrogen and oxygen atoms in total. The van der Waals surface area contributed by atoms with E-state index in [0.717, 1.165) is 9.87 Å². The van der Waals surface area contributed by atoms with Crippen LogP contribution in [0.2, 0.25) is 15.1 Å². The van der Waals surface area contributed by atoms with Gasteiger partial charge in [0, 0.05) is 27.7 Å². The zero-order chi connectivity index (χ0) is 28.7. The van der Waals surface area contributed by atoms with Crippen molar-refractivity contribution < 1.29 is 18.0 Å². The summed E-state index contributed by atoms with van der Waals surface area (Å²) in [4.78, 5) is 28.3. The molecule has 3 aromatic rings. The minimum Gasteiger partial charge on any atom is -0.352 e. The summed E-state index contributed by atoms with van der Waals surface area (Å²) < 4.78 is 28.5. The highest BCUT2D eigenvalue weighted by Crippen LogP contribution is 2.30. The molecule has 0 aliphatic carbocycles. The zero-order valence-corrected chi connectivity index (χ0v) is 24.9. The Morgan fingerprint density at radius 3 is 2.03 bits per heavy atom. The lowest BCUT2D eigenvalue weighted by Crippen LogP contribution is -2.52. The van der Waals surface area contributed by atoms with Crippen LogP contribution in [0.3, 0.4) is 0 Å². The molecule has 0 radical (unpaired) electrons. The van der Waals surface area contributed by atoms with Crippen LogP contribution >= 0.6 is 34.8 Å². The third kappa shape index (κ3) is 8.11. The van der Waals surface area contributed by atoms with Crippen LogP contribution < -0.4 is 9.62 Å². The maximum Gasteiger partial charge on any atom is 0.264 e. The Morgan fingerprint density at radius 1 is 0.872 bits per heavy atom. The van der Waals surface area contributed by atoms with Gasteiger partial charge in [0.15, 0.2) is 0 Å². The molecule has 1 N–H and O–H groups in total. The van der Waals surface area contributed by atoms with Crippen LogP contribution in [0.5, 0.6) is 0 Å². The van der Waals surface area contributed by atoms with Crippen molar-refractivity contribution in [2.24, 2.45) is 0 Å². The second-order valence-electron chi connectivity index (χ2n) is 9.09. The van der Waals surface area contributed by atoms with Gasteiger partial charge in [-0.2, -0.15) is 0 Å². The average Bonchev–Trinajstić information content (AvgIpc) is 2.90. The van der Waals surface area contributed by atoms with Crippen molar-refractivity contribution in [3.8, 4) is 0 Å². The predicted molar refractivity (Wildman–Crippen MR) is 157 cm³/mol. The quantitative estimate of drug-likeness (QED) is 0.281. The molecule has 2 atom stereocenters. The first-order chi connectivity index (χ1) is 18.4. The number of nitrogens with zero attached hydrogens (tertiary/aromatic N) is 2. The molecule has 0 unspecified atom stereocenters. The Kier molecular flexibility index (Phi) is 10.7. The van der Waals surface area contributed by atoms with Crippen LogP contribution in [0.25, 0.3) is 0 Å².